The number of hydrogen-bond donors (Lipinski definition) is 2. The summed E-state index contributed by atoms with van der Waals surface area (Å²) in [5.74, 6) is 1.19. The van der Waals surface area contributed by atoms with E-state index in [1.807, 2.05) is 22.6 Å². The lowest BCUT2D eigenvalue weighted by atomic mass is 10.5. The Morgan fingerprint density at radius 1 is 1.56 bits per heavy atom. The first kappa shape index (κ1) is 11.0. The lowest BCUT2D eigenvalue weighted by Gasteiger charge is -2.03. The highest BCUT2D eigenvalue weighted by Crippen LogP contribution is 2.09. The van der Waals surface area contributed by atoms with Crippen molar-refractivity contribution in [2.45, 2.75) is 6.54 Å². The molecule has 0 aliphatic carbocycles. The van der Waals surface area contributed by atoms with Crippen LogP contribution in [0.1, 0.15) is 5.82 Å². The molecule has 2 aromatic heterocycles. The molecule has 84 valence electrons. The number of nitrogens with zero attached hydrogens (tertiary/aromatic N) is 4. The summed E-state index contributed by atoms with van der Waals surface area (Å²) in [5.41, 5.74) is -0.160. The van der Waals surface area contributed by atoms with Crippen molar-refractivity contribution in [2.75, 3.05) is 5.32 Å². The molecule has 16 heavy (non-hydrogen) atoms. The number of rotatable bonds is 3. The standard InChI is InChI=1S/C8H9IN6O/c1-15-4-13-5(14-15)2-10-7-6(9)8(16)12-3-11-7/h3-4H,2H2,1H3,(H2,10,11,12,16). The molecule has 2 N–H and O–H groups in total. The Labute approximate surface area is 104 Å². The number of nitrogens with one attached hydrogen (secondary N) is 2. The van der Waals surface area contributed by atoms with E-state index in [0.717, 1.165) is 0 Å². The third-order valence-electron chi connectivity index (χ3n) is 1.86. The van der Waals surface area contributed by atoms with Crippen LogP contribution in [-0.4, -0.2) is 24.7 Å². The second kappa shape index (κ2) is 4.60. The maximum absolute atomic E-state index is 11.3. The molecule has 7 nitrogen and oxygen atoms in total. The summed E-state index contributed by atoms with van der Waals surface area (Å²) in [5, 5.41) is 7.11. The van der Waals surface area contributed by atoms with Gasteiger partial charge < -0.3 is 10.3 Å². The Balaban J connectivity index is 2.10. The van der Waals surface area contributed by atoms with E-state index < -0.39 is 0 Å². The Hall–Kier alpha value is -1.45. The number of hydrogen-bond acceptors (Lipinski definition) is 5. The smallest absolute Gasteiger partial charge is 0.266 e. The topological polar surface area (TPSA) is 88.5 Å². The molecule has 0 spiro atoms. The summed E-state index contributed by atoms with van der Waals surface area (Å²) in [7, 11) is 1.80. The molecule has 2 aromatic rings. The lowest BCUT2D eigenvalue weighted by Crippen LogP contribution is -2.15. The van der Waals surface area contributed by atoms with Gasteiger partial charge in [-0.2, -0.15) is 5.10 Å². The van der Waals surface area contributed by atoms with Crippen LogP contribution in [0, 0.1) is 3.57 Å². The van der Waals surface area contributed by atoms with Crippen LogP contribution in [0.15, 0.2) is 17.4 Å². The summed E-state index contributed by atoms with van der Waals surface area (Å²) in [6.07, 6.45) is 2.98. The predicted octanol–water partition coefficient (Wildman–Crippen LogP) is 0.115. The van der Waals surface area contributed by atoms with Crippen LogP contribution in [0.5, 0.6) is 0 Å². The number of aromatic nitrogens is 5. The quantitative estimate of drug-likeness (QED) is 0.780. The number of H-pyrrole nitrogens is 1. The minimum Gasteiger partial charge on any atom is -0.362 e. The zero-order valence-corrected chi connectivity index (χ0v) is 10.6. The van der Waals surface area contributed by atoms with Crippen LogP contribution in [0.2, 0.25) is 0 Å². The van der Waals surface area contributed by atoms with Gasteiger partial charge in [0.15, 0.2) is 5.82 Å². The van der Waals surface area contributed by atoms with E-state index in [2.05, 4.69) is 25.4 Å². The first-order chi connectivity index (χ1) is 7.66. The molecule has 0 atom stereocenters. The van der Waals surface area contributed by atoms with Gasteiger partial charge in [0.05, 0.1) is 12.9 Å². The lowest BCUT2D eigenvalue weighted by molar-refractivity contribution is 0.746. The van der Waals surface area contributed by atoms with Gasteiger partial charge >= 0.3 is 0 Å². The van der Waals surface area contributed by atoms with Gasteiger partial charge in [-0.05, 0) is 22.6 Å². The normalized spacial score (nSPS) is 10.4. The molecule has 0 aliphatic heterocycles. The van der Waals surface area contributed by atoms with Crippen LogP contribution in [0.25, 0.3) is 0 Å². The van der Waals surface area contributed by atoms with E-state index in [9.17, 15) is 4.79 Å². The van der Waals surface area contributed by atoms with E-state index >= 15 is 0 Å². The fourth-order valence-electron chi connectivity index (χ4n) is 1.13. The van der Waals surface area contributed by atoms with E-state index in [-0.39, 0.29) is 5.56 Å². The number of aryl methyl sites for hydroxylation is 1. The fraction of sp³-hybridized carbons (Fsp3) is 0.250. The number of halogens is 1. The van der Waals surface area contributed by atoms with E-state index in [1.54, 1.807) is 18.1 Å². The summed E-state index contributed by atoms with van der Waals surface area (Å²) >= 11 is 1.94. The van der Waals surface area contributed by atoms with Crippen LogP contribution in [0.4, 0.5) is 5.82 Å². The molecule has 0 aliphatic rings. The van der Waals surface area contributed by atoms with Crippen LogP contribution >= 0.6 is 22.6 Å². The third-order valence-corrected chi connectivity index (χ3v) is 2.86. The van der Waals surface area contributed by atoms with Crippen LogP contribution in [-0.2, 0) is 13.6 Å². The summed E-state index contributed by atoms with van der Waals surface area (Å²) < 4.78 is 2.14. The molecular formula is C8H9IN6O. The second-order valence-corrected chi connectivity index (χ2v) is 4.16. The molecule has 2 heterocycles. The van der Waals surface area contributed by atoms with Crippen molar-refractivity contribution in [3.63, 3.8) is 0 Å². The van der Waals surface area contributed by atoms with Gasteiger partial charge in [0.2, 0.25) is 0 Å². The minimum atomic E-state index is -0.160. The van der Waals surface area contributed by atoms with Crippen molar-refractivity contribution in [3.05, 3.63) is 32.4 Å². The summed E-state index contributed by atoms with van der Waals surface area (Å²) in [6, 6.07) is 0. The predicted molar refractivity (Wildman–Crippen MR) is 65.9 cm³/mol. The SMILES string of the molecule is Cn1cnc(CNc2nc[nH]c(=O)c2I)n1. The molecule has 0 unspecified atom stereocenters. The van der Waals surface area contributed by atoms with Gasteiger partial charge in [0, 0.05) is 7.05 Å². The molecule has 0 aromatic carbocycles. The van der Waals surface area contributed by atoms with E-state index in [1.165, 1.54) is 6.33 Å². The minimum absolute atomic E-state index is 0.160. The van der Waals surface area contributed by atoms with Crippen molar-refractivity contribution >= 4 is 28.4 Å². The first-order valence-corrected chi connectivity index (χ1v) is 5.56. The summed E-state index contributed by atoms with van der Waals surface area (Å²) in [6.45, 7) is 0.438. The highest BCUT2D eigenvalue weighted by molar-refractivity contribution is 14.1. The highest BCUT2D eigenvalue weighted by atomic mass is 127. The molecule has 0 bridgehead atoms. The molecule has 0 amide bonds. The van der Waals surface area contributed by atoms with Crippen molar-refractivity contribution in [1.29, 1.82) is 0 Å². The van der Waals surface area contributed by atoms with E-state index in [4.69, 9.17) is 0 Å². The highest BCUT2D eigenvalue weighted by Gasteiger charge is 2.05. The zero-order valence-electron chi connectivity index (χ0n) is 8.44. The zero-order chi connectivity index (χ0) is 11.5. The summed E-state index contributed by atoms with van der Waals surface area (Å²) in [4.78, 5) is 21.9. The van der Waals surface area contributed by atoms with Gasteiger partial charge in [0.25, 0.3) is 5.56 Å². The largest absolute Gasteiger partial charge is 0.362 e. The molecule has 2 rings (SSSR count). The Kier molecular flexibility index (Phi) is 3.17. The van der Waals surface area contributed by atoms with Gasteiger partial charge in [0.1, 0.15) is 15.7 Å². The number of aromatic amines is 1. The Morgan fingerprint density at radius 3 is 3.06 bits per heavy atom. The first-order valence-electron chi connectivity index (χ1n) is 4.48. The molecule has 8 heteroatoms. The van der Waals surface area contributed by atoms with Gasteiger partial charge in [-0.15, -0.1) is 0 Å². The van der Waals surface area contributed by atoms with Crippen molar-refractivity contribution in [2.24, 2.45) is 7.05 Å². The molecule has 0 radical (unpaired) electrons. The maximum atomic E-state index is 11.3. The average Bonchev–Trinajstić information content (AvgIpc) is 2.67. The monoisotopic (exact) mass is 332 g/mol. The van der Waals surface area contributed by atoms with Gasteiger partial charge in [-0.25, -0.2) is 9.97 Å². The molecular weight excluding hydrogens is 323 g/mol. The van der Waals surface area contributed by atoms with Crippen molar-refractivity contribution in [1.82, 2.24) is 24.7 Å². The molecule has 0 saturated heterocycles. The maximum Gasteiger partial charge on any atom is 0.266 e. The third kappa shape index (κ3) is 2.38. The van der Waals surface area contributed by atoms with Crippen LogP contribution < -0.4 is 10.9 Å². The van der Waals surface area contributed by atoms with E-state index in [0.29, 0.717) is 21.8 Å². The average molecular weight is 332 g/mol. The second-order valence-electron chi connectivity index (χ2n) is 3.08. The Morgan fingerprint density at radius 2 is 2.38 bits per heavy atom. The van der Waals surface area contributed by atoms with Crippen LogP contribution in [0.3, 0.4) is 0 Å². The fourth-order valence-corrected chi connectivity index (χ4v) is 1.62. The molecule has 0 fully saturated rings. The molecule has 0 saturated carbocycles. The number of anilines is 1. The van der Waals surface area contributed by atoms with Crippen molar-refractivity contribution < 1.29 is 0 Å². The Bertz CT molecular complexity index is 547. The van der Waals surface area contributed by atoms with Gasteiger partial charge in [-0.3, -0.25) is 9.48 Å². The van der Waals surface area contributed by atoms with Crippen molar-refractivity contribution in [3.8, 4) is 0 Å². The van der Waals surface area contributed by atoms with Gasteiger partial charge in [-0.1, -0.05) is 0 Å².